The van der Waals surface area contributed by atoms with Gasteiger partial charge in [0.2, 0.25) is 0 Å². The van der Waals surface area contributed by atoms with Crippen molar-refractivity contribution in [3.63, 3.8) is 0 Å². The Hall–Kier alpha value is -2.67. The number of nitrogens with zero attached hydrogens (tertiary/aromatic N) is 2. The minimum atomic E-state index is -0.330. The van der Waals surface area contributed by atoms with Crippen molar-refractivity contribution < 1.29 is 14.6 Å². The summed E-state index contributed by atoms with van der Waals surface area (Å²) in [5, 5.41) is 16.8. The van der Waals surface area contributed by atoms with E-state index in [1.54, 1.807) is 0 Å². The molecule has 4 rings (SSSR count). The molecule has 2 aliphatic rings. The van der Waals surface area contributed by atoms with E-state index in [2.05, 4.69) is 16.5 Å². The van der Waals surface area contributed by atoms with Crippen molar-refractivity contribution in [3.8, 4) is 5.75 Å². The molecular weight excluding hydrogens is 334 g/mol. The topological polar surface area (TPSA) is 93.5 Å². The van der Waals surface area contributed by atoms with Gasteiger partial charge < -0.3 is 15.2 Å². The summed E-state index contributed by atoms with van der Waals surface area (Å²) < 4.78 is 6.70. The number of aliphatic hydroxyl groups excluding tert-OH is 1. The minimum absolute atomic E-state index is 0.168. The molecule has 2 N–H and O–H groups in total. The lowest BCUT2D eigenvalue weighted by atomic mass is 9.75. The molecular formula is C19H21N3O4. The van der Waals surface area contributed by atoms with E-state index >= 15 is 0 Å². The minimum Gasteiger partial charge on any atom is -0.493 e. The number of aryl methyl sites for hydroxylation is 1. The number of aromatic nitrogens is 2. The fourth-order valence-electron chi connectivity index (χ4n) is 3.61. The fourth-order valence-corrected chi connectivity index (χ4v) is 3.61. The molecule has 0 radical (unpaired) electrons. The average molecular weight is 355 g/mol. The Morgan fingerprint density at radius 1 is 1.35 bits per heavy atom. The maximum atomic E-state index is 12.7. The first-order valence-electron chi connectivity index (χ1n) is 8.80. The molecule has 7 heteroatoms. The molecule has 136 valence electrons. The Labute approximate surface area is 150 Å². The van der Waals surface area contributed by atoms with Crippen LogP contribution in [-0.4, -0.2) is 33.5 Å². The zero-order valence-corrected chi connectivity index (χ0v) is 14.5. The SMILES string of the molecule is Cn1nc(C(=O)NC(c2ccc3c(c2)CCO3)C2CC(O)C2)ccc1=O. The maximum Gasteiger partial charge on any atom is 0.272 e. The summed E-state index contributed by atoms with van der Waals surface area (Å²) in [6, 6.07) is 8.53. The number of rotatable bonds is 4. The van der Waals surface area contributed by atoms with Gasteiger partial charge in [-0.25, -0.2) is 4.68 Å². The van der Waals surface area contributed by atoms with Crippen LogP contribution < -0.4 is 15.6 Å². The van der Waals surface area contributed by atoms with Crippen LogP contribution in [0.3, 0.4) is 0 Å². The van der Waals surface area contributed by atoms with E-state index in [0.29, 0.717) is 19.4 Å². The fraction of sp³-hybridized carbons (Fsp3) is 0.421. The van der Waals surface area contributed by atoms with Crippen molar-refractivity contribution in [2.24, 2.45) is 13.0 Å². The smallest absolute Gasteiger partial charge is 0.272 e. The second-order valence-electron chi connectivity index (χ2n) is 6.98. The first-order valence-corrected chi connectivity index (χ1v) is 8.80. The van der Waals surface area contributed by atoms with Gasteiger partial charge in [0.1, 0.15) is 11.4 Å². The third-order valence-electron chi connectivity index (χ3n) is 5.17. The summed E-state index contributed by atoms with van der Waals surface area (Å²) in [7, 11) is 1.51. The number of hydrogen-bond acceptors (Lipinski definition) is 5. The Morgan fingerprint density at radius 3 is 2.88 bits per heavy atom. The van der Waals surface area contributed by atoms with E-state index in [-0.39, 0.29) is 35.2 Å². The van der Waals surface area contributed by atoms with Crippen molar-refractivity contribution in [3.05, 3.63) is 57.5 Å². The largest absolute Gasteiger partial charge is 0.493 e. The number of fused-ring (bicyclic) bond motifs is 1. The molecule has 1 saturated carbocycles. The maximum absolute atomic E-state index is 12.7. The Balaban J connectivity index is 1.60. The number of hydrogen-bond donors (Lipinski definition) is 2. The quantitative estimate of drug-likeness (QED) is 0.852. The Bertz CT molecular complexity index is 902. The van der Waals surface area contributed by atoms with Gasteiger partial charge >= 0.3 is 0 Å². The predicted molar refractivity (Wildman–Crippen MR) is 94.1 cm³/mol. The Kier molecular flexibility index (Phi) is 4.24. The highest BCUT2D eigenvalue weighted by atomic mass is 16.5. The average Bonchev–Trinajstić information content (AvgIpc) is 3.07. The Morgan fingerprint density at radius 2 is 2.15 bits per heavy atom. The number of ether oxygens (including phenoxy) is 1. The van der Waals surface area contributed by atoms with Gasteiger partial charge in [-0.05, 0) is 48.1 Å². The normalized spacial score (nSPS) is 22.1. The van der Waals surface area contributed by atoms with Gasteiger partial charge in [-0.15, -0.1) is 0 Å². The predicted octanol–water partition coefficient (Wildman–Crippen LogP) is 0.957. The molecule has 1 unspecified atom stereocenters. The van der Waals surface area contributed by atoms with E-state index in [1.165, 1.54) is 19.2 Å². The lowest BCUT2D eigenvalue weighted by Crippen LogP contribution is -2.42. The number of aliphatic hydroxyl groups is 1. The van der Waals surface area contributed by atoms with Crippen LogP contribution in [0, 0.1) is 5.92 Å². The highest BCUT2D eigenvalue weighted by Gasteiger charge is 2.36. The van der Waals surface area contributed by atoms with Crippen molar-refractivity contribution >= 4 is 5.91 Å². The van der Waals surface area contributed by atoms with Crippen molar-refractivity contribution in [2.75, 3.05) is 6.61 Å². The summed E-state index contributed by atoms with van der Waals surface area (Å²) in [5.74, 6) is 0.734. The number of carbonyl (C=O) groups excluding carboxylic acids is 1. The van der Waals surface area contributed by atoms with Crippen LogP contribution in [0.25, 0.3) is 0 Å². The molecule has 2 aromatic rings. The number of carbonyl (C=O) groups is 1. The molecule has 1 atom stereocenters. The highest BCUT2D eigenvalue weighted by Crippen LogP contribution is 2.39. The van der Waals surface area contributed by atoms with E-state index in [9.17, 15) is 14.7 Å². The molecule has 0 saturated heterocycles. The monoisotopic (exact) mass is 355 g/mol. The summed E-state index contributed by atoms with van der Waals surface area (Å²) >= 11 is 0. The number of nitrogens with one attached hydrogen (secondary N) is 1. The summed E-state index contributed by atoms with van der Waals surface area (Å²) in [4.78, 5) is 24.2. The molecule has 1 fully saturated rings. The van der Waals surface area contributed by atoms with Gasteiger partial charge in [-0.2, -0.15) is 5.10 Å². The molecule has 1 amide bonds. The zero-order valence-electron chi connectivity index (χ0n) is 14.5. The van der Waals surface area contributed by atoms with Crippen LogP contribution in [-0.2, 0) is 13.5 Å². The molecule has 1 aliphatic carbocycles. The van der Waals surface area contributed by atoms with Crippen LogP contribution in [0.5, 0.6) is 5.75 Å². The van der Waals surface area contributed by atoms with Crippen LogP contribution in [0.2, 0.25) is 0 Å². The van der Waals surface area contributed by atoms with E-state index < -0.39 is 0 Å². The van der Waals surface area contributed by atoms with E-state index in [0.717, 1.165) is 28.0 Å². The van der Waals surface area contributed by atoms with Gasteiger partial charge in [0, 0.05) is 19.5 Å². The molecule has 1 aromatic heterocycles. The highest BCUT2D eigenvalue weighted by molar-refractivity contribution is 5.92. The zero-order chi connectivity index (χ0) is 18.3. The van der Waals surface area contributed by atoms with E-state index in [1.807, 2.05) is 12.1 Å². The van der Waals surface area contributed by atoms with Crippen LogP contribution in [0.15, 0.2) is 35.1 Å². The van der Waals surface area contributed by atoms with Gasteiger partial charge in [-0.3, -0.25) is 9.59 Å². The van der Waals surface area contributed by atoms with Gasteiger partial charge in [0.05, 0.1) is 18.8 Å². The van der Waals surface area contributed by atoms with Crippen LogP contribution in [0.1, 0.15) is 40.5 Å². The molecule has 26 heavy (non-hydrogen) atoms. The number of amides is 1. The van der Waals surface area contributed by atoms with Crippen molar-refractivity contribution in [2.45, 2.75) is 31.4 Å². The van der Waals surface area contributed by atoms with E-state index in [4.69, 9.17) is 4.74 Å². The van der Waals surface area contributed by atoms with Crippen LogP contribution >= 0.6 is 0 Å². The first kappa shape index (κ1) is 16.8. The molecule has 0 bridgehead atoms. The second-order valence-corrected chi connectivity index (χ2v) is 6.98. The summed E-state index contributed by atoms with van der Waals surface area (Å²) in [6.07, 6.45) is 1.85. The molecule has 2 heterocycles. The van der Waals surface area contributed by atoms with Gasteiger partial charge in [0.15, 0.2) is 0 Å². The van der Waals surface area contributed by atoms with Crippen molar-refractivity contribution in [1.29, 1.82) is 0 Å². The van der Waals surface area contributed by atoms with Gasteiger partial charge in [-0.1, -0.05) is 6.07 Å². The second kappa shape index (κ2) is 6.57. The molecule has 1 aliphatic heterocycles. The molecule has 1 aromatic carbocycles. The standard InChI is InChI=1S/C19H21N3O4/c1-22-17(24)5-3-15(21-22)19(25)20-18(13-9-14(23)10-13)12-2-4-16-11(8-12)6-7-26-16/h2-5,8,13-14,18,23H,6-7,9-10H2,1H3,(H,20,25). The third-order valence-corrected chi connectivity index (χ3v) is 5.17. The molecule has 7 nitrogen and oxygen atoms in total. The lowest BCUT2D eigenvalue weighted by Gasteiger charge is -2.38. The summed E-state index contributed by atoms with van der Waals surface area (Å²) in [6.45, 7) is 0.680. The molecule has 0 spiro atoms. The van der Waals surface area contributed by atoms with Crippen LogP contribution in [0.4, 0.5) is 0 Å². The van der Waals surface area contributed by atoms with Gasteiger partial charge in [0.25, 0.3) is 11.5 Å². The van der Waals surface area contributed by atoms with Crippen molar-refractivity contribution in [1.82, 2.24) is 15.1 Å². The first-order chi connectivity index (χ1) is 12.5. The third kappa shape index (κ3) is 3.10. The number of benzene rings is 1. The summed E-state index contributed by atoms with van der Waals surface area (Å²) in [5.41, 5.74) is 2.08. The lowest BCUT2D eigenvalue weighted by molar-refractivity contribution is 0.0234.